The second-order valence-corrected chi connectivity index (χ2v) is 10.1. The zero-order chi connectivity index (χ0) is 26.3. The minimum atomic E-state index is -4.11. The average Bonchev–Trinajstić information content (AvgIpc) is 2.90. The molecule has 1 amide bonds. The van der Waals surface area contributed by atoms with Crippen molar-refractivity contribution in [1.29, 1.82) is 0 Å². The molecule has 0 atom stereocenters. The Hall–Kier alpha value is -4.01. The number of para-hydroxylation sites is 3. The fourth-order valence-electron chi connectivity index (χ4n) is 3.58. The predicted molar refractivity (Wildman–Crippen MR) is 145 cm³/mol. The number of halogens is 1. The Labute approximate surface area is 221 Å². The summed E-state index contributed by atoms with van der Waals surface area (Å²) < 4.78 is 40.0. The summed E-state index contributed by atoms with van der Waals surface area (Å²) >= 11 is 6.18. The highest BCUT2D eigenvalue weighted by atomic mass is 35.5. The maximum absolute atomic E-state index is 13.7. The van der Waals surface area contributed by atoms with Crippen molar-refractivity contribution >= 4 is 38.9 Å². The Kier molecular flexibility index (Phi) is 8.32. The molecule has 0 aromatic heterocycles. The molecule has 4 aromatic rings. The van der Waals surface area contributed by atoms with Crippen molar-refractivity contribution in [2.24, 2.45) is 0 Å². The van der Waals surface area contributed by atoms with Gasteiger partial charge in [0.2, 0.25) is 5.91 Å². The molecule has 0 saturated carbocycles. The lowest BCUT2D eigenvalue weighted by Gasteiger charge is -2.26. The number of ether oxygens (including phenoxy) is 2. The summed E-state index contributed by atoms with van der Waals surface area (Å²) in [7, 11) is -4.11. The molecule has 7 nitrogen and oxygen atoms in total. The van der Waals surface area contributed by atoms with Crippen LogP contribution in [0.25, 0.3) is 0 Å². The SMILES string of the molecule is CCOc1ccccc1N(CC(=O)Nc1cc(Cl)ccc1Oc1ccccc1)S(=O)(=O)c1ccccc1. The average molecular weight is 537 g/mol. The van der Waals surface area contributed by atoms with E-state index in [1.54, 1.807) is 79.7 Å². The Bertz CT molecular complexity index is 1460. The van der Waals surface area contributed by atoms with Crippen LogP contribution in [0.2, 0.25) is 5.02 Å². The van der Waals surface area contributed by atoms with Crippen LogP contribution in [0.3, 0.4) is 0 Å². The first-order valence-corrected chi connectivity index (χ1v) is 13.3. The highest BCUT2D eigenvalue weighted by Gasteiger charge is 2.29. The number of carbonyl (C=O) groups is 1. The first kappa shape index (κ1) is 26.1. The summed E-state index contributed by atoms with van der Waals surface area (Å²) in [6.07, 6.45) is 0. The fraction of sp³-hybridized carbons (Fsp3) is 0.107. The number of nitrogens with zero attached hydrogens (tertiary/aromatic N) is 1. The Morgan fingerprint density at radius 2 is 1.51 bits per heavy atom. The second kappa shape index (κ2) is 11.8. The first-order valence-electron chi connectivity index (χ1n) is 11.5. The number of sulfonamides is 1. The van der Waals surface area contributed by atoms with E-state index in [9.17, 15) is 13.2 Å². The van der Waals surface area contributed by atoms with E-state index in [-0.39, 0.29) is 10.6 Å². The normalized spacial score (nSPS) is 11.0. The zero-order valence-electron chi connectivity index (χ0n) is 20.0. The molecule has 1 N–H and O–H groups in total. The summed E-state index contributed by atoms with van der Waals surface area (Å²) in [4.78, 5) is 13.3. The van der Waals surface area contributed by atoms with E-state index in [4.69, 9.17) is 21.1 Å². The molecule has 0 saturated heterocycles. The van der Waals surface area contributed by atoms with Crippen molar-refractivity contribution in [1.82, 2.24) is 0 Å². The van der Waals surface area contributed by atoms with Crippen LogP contribution in [0.1, 0.15) is 6.92 Å². The van der Waals surface area contributed by atoms with Gasteiger partial charge in [0.05, 0.1) is 22.9 Å². The maximum Gasteiger partial charge on any atom is 0.264 e. The Morgan fingerprint density at radius 3 is 2.22 bits per heavy atom. The summed E-state index contributed by atoms with van der Waals surface area (Å²) in [5.41, 5.74) is 0.548. The molecule has 9 heteroatoms. The Morgan fingerprint density at radius 1 is 0.865 bits per heavy atom. The van der Waals surface area contributed by atoms with Crippen molar-refractivity contribution in [3.63, 3.8) is 0 Å². The van der Waals surface area contributed by atoms with Crippen LogP contribution in [0.4, 0.5) is 11.4 Å². The van der Waals surface area contributed by atoms with Crippen LogP contribution >= 0.6 is 11.6 Å². The monoisotopic (exact) mass is 536 g/mol. The largest absolute Gasteiger partial charge is 0.492 e. The van der Waals surface area contributed by atoms with Gasteiger partial charge in [0.25, 0.3) is 10.0 Å². The van der Waals surface area contributed by atoms with Crippen molar-refractivity contribution in [2.45, 2.75) is 11.8 Å². The number of benzene rings is 4. The fourth-order valence-corrected chi connectivity index (χ4v) is 5.21. The zero-order valence-corrected chi connectivity index (χ0v) is 21.6. The smallest absolute Gasteiger partial charge is 0.264 e. The molecule has 0 spiro atoms. The summed E-state index contributed by atoms with van der Waals surface area (Å²) in [6.45, 7) is 1.61. The molecular formula is C28H25ClN2O5S. The highest BCUT2D eigenvalue weighted by Crippen LogP contribution is 2.34. The van der Waals surface area contributed by atoms with Crippen LogP contribution in [0, 0.1) is 0 Å². The molecule has 0 heterocycles. The van der Waals surface area contributed by atoms with Gasteiger partial charge in [-0.05, 0) is 61.5 Å². The van der Waals surface area contributed by atoms with E-state index in [1.807, 2.05) is 18.2 Å². The van der Waals surface area contributed by atoms with Gasteiger partial charge in [-0.15, -0.1) is 0 Å². The number of carbonyl (C=O) groups excluding carboxylic acids is 1. The third-order valence-corrected chi connectivity index (χ3v) is 7.25. The molecule has 4 rings (SSSR count). The van der Waals surface area contributed by atoms with E-state index >= 15 is 0 Å². The van der Waals surface area contributed by atoms with Crippen LogP contribution in [-0.4, -0.2) is 27.5 Å². The minimum absolute atomic E-state index is 0.0463. The van der Waals surface area contributed by atoms with Gasteiger partial charge in [0.15, 0.2) is 5.75 Å². The second-order valence-electron chi connectivity index (χ2n) is 7.83. The van der Waals surface area contributed by atoms with Crippen LogP contribution in [-0.2, 0) is 14.8 Å². The lowest BCUT2D eigenvalue weighted by atomic mass is 10.2. The van der Waals surface area contributed by atoms with Gasteiger partial charge in [-0.25, -0.2) is 8.42 Å². The number of rotatable bonds is 10. The topological polar surface area (TPSA) is 84.9 Å². The number of anilines is 2. The van der Waals surface area contributed by atoms with Gasteiger partial charge >= 0.3 is 0 Å². The third kappa shape index (κ3) is 6.41. The van der Waals surface area contributed by atoms with E-state index in [1.165, 1.54) is 12.1 Å². The van der Waals surface area contributed by atoms with Crippen molar-refractivity contribution in [3.8, 4) is 17.2 Å². The standard InChI is InChI=1S/C28H25ClN2O5S/c1-2-35-27-16-10-9-15-25(27)31(37(33,34)23-13-7-4-8-14-23)20-28(32)30-24-19-21(29)17-18-26(24)36-22-11-5-3-6-12-22/h3-19H,2,20H2,1H3,(H,30,32). The summed E-state index contributed by atoms with van der Waals surface area (Å²) in [5.74, 6) is 0.675. The van der Waals surface area contributed by atoms with Gasteiger partial charge in [0, 0.05) is 5.02 Å². The van der Waals surface area contributed by atoms with Gasteiger partial charge in [-0.2, -0.15) is 0 Å². The van der Waals surface area contributed by atoms with Gasteiger partial charge in [-0.1, -0.05) is 60.1 Å². The van der Waals surface area contributed by atoms with E-state index in [0.717, 1.165) is 4.31 Å². The lowest BCUT2D eigenvalue weighted by molar-refractivity contribution is -0.114. The number of hydrogen-bond donors (Lipinski definition) is 1. The molecule has 0 fully saturated rings. The van der Waals surface area contributed by atoms with Gasteiger partial charge in [0.1, 0.15) is 18.0 Å². The van der Waals surface area contributed by atoms with E-state index in [2.05, 4.69) is 5.32 Å². The molecule has 0 bridgehead atoms. The molecule has 0 aliphatic rings. The van der Waals surface area contributed by atoms with Crippen molar-refractivity contribution in [2.75, 3.05) is 22.8 Å². The molecule has 190 valence electrons. The summed E-state index contributed by atoms with van der Waals surface area (Å²) in [5, 5.41) is 3.13. The molecule has 37 heavy (non-hydrogen) atoms. The quantitative estimate of drug-likeness (QED) is 0.255. The maximum atomic E-state index is 13.7. The lowest BCUT2D eigenvalue weighted by Crippen LogP contribution is -2.38. The number of amides is 1. The van der Waals surface area contributed by atoms with Crippen LogP contribution < -0.4 is 19.1 Å². The summed E-state index contributed by atoms with van der Waals surface area (Å²) in [6, 6.07) is 28.5. The van der Waals surface area contributed by atoms with E-state index < -0.39 is 22.5 Å². The number of hydrogen-bond acceptors (Lipinski definition) is 5. The molecular weight excluding hydrogens is 512 g/mol. The van der Waals surface area contributed by atoms with E-state index in [0.29, 0.717) is 34.6 Å². The molecule has 0 aliphatic heterocycles. The number of nitrogens with one attached hydrogen (secondary N) is 1. The van der Waals surface area contributed by atoms with Crippen molar-refractivity contribution < 1.29 is 22.7 Å². The molecule has 4 aromatic carbocycles. The minimum Gasteiger partial charge on any atom is -0.492 e. The highest BCUT2D eigenvalue weighted by molar-refractivity contribution is 7.92. The van der Waals surface area contributed by atoms with Gasteiger partial charge in [-0.3, -0.25) is 9.10 Å². The molecule has 0 aliphatic carbocycles. The Balaban J connectivity index is 1.67. The predicted octanol–water partition coefficient (Wildman–Crippen LogP) is 6.37. The molecule has 0 radical (unpaired) electrons. The third-order valence-electron chi connectivity index (χ3n) is 5.24. The van der Waals surface area contributed by atoms with Gasteiger partial charge < -0.3 is 14.8 Å². The molecule has 0 unspecified atom stereocenters. The van der Waals surface area contributed by atoms with Crippen LogP contribution in [0.15, 0.2) is 108 Å². The van der Waals surface area contributed by atoms with Crippen molar-refractivity contribution in [3.05, 3.63) is 108 Å². The first-order chi connectivity index (χ1) is 17.9. The van der Waals surface area contributed by atoms with Crippen LogP contribution in [0.5, 0.6) is 17.2 Å².